The predicted molar refractivity (Wildman–Crippen MR) is 61.8 cm³/mol. The lowest BCUT2D eigenvalue weighted by Crippen LogP contribution is -2.10. The van der Waals surface area contributed by atoms with Crippen LogP contribution in [0.1, 0.15) is 35.3 Å². The third kappa shape index (κ3) is 2.15. The van der Waals surface area contributed by atoms with E-state index in [9.17, 15) is 9.90 Å². The number of aromatic hydroxyl groups is 1. The van der Waals surface area contributed by atoms with Crippen LogP contribution in [-0.2, 0) is 0 Å². The second kappa shape index (κ2) is 4.23. The zero-order chi connectivity index (χ0) is 11.7. The van der Waals surface area contributed by atoms with Crippen molar-refractivity contribution < 1.29 is 9.90 Å². The first-order chi connectivity index (χ1) is 6.86. The highest BCUT2D eigenvalue weighted by Gasteiger charge is 2.20. The number of halogens is 1. The molecule has 0 saturated heterocycles. The van der Waals surface area contributed by atoms with E-state index in [1.54, 1.807) is 27.7 Å². The van der Waals surface area contributed by atoms with Crippen LogP contribution in [0.5, 0.6) is 5.75 Å². The molecule has 0 radical (unpaired) electrons. The van der Waals surface area contributed by atoms with Crippen LogP contribution in [0.15, 0.2) is 6.07 Å². The average Bonchev–Trinajstić information content (AvgIpc) is 2.14. The van der Waals surface area contributed by atoms with E-state index >= 15 is 0 Å². The Kier molecular flexibility index (Phi) is 3.40. The summed E-state index contributed by atoms with van der Waals surface area (Å²) in [5.41, 5.74) is 1.79. The highest BCUT2D eigenvalue weighted by molar-refractivity contribution is 6.32. The molecule has 1 N–H and O–H groups in total. The van der Waals surface area contributed by atoms with Gasteiger partial charge in [0.1, 0.15) is 5.75 Å². The number of carbonyl (C=O) groups excluding carboxylic acids is 1. The Morgan fingerprint density at radius 1 is 1.40 bits per heavy atom. The van der Waals surface area contributed by atoms with Crippen molar-refractivity contribution in [3.63, 3.8) is 0 Å². The standard InChI is InChI=1S/C12H15ClO2/c1-6(2)12(15)10-8(4)11(13)7(3)5-9(10)14/h5-6,14H,1-4H3. The number of hydrogen-bond acceptors (Lipinski definition) is 2. The van der Waals surface area contributed by atoms with Crippen LogP contribution in [-0.4, -0.2) is 10.9 Å². The molecule has 1 aromatic rings. The van der Waals surface area contributed by atoms with E-state index in [1.165, 1.54) is 6.07 Å². The van der Waals surface area contributed by atoms with Gasteiger partial charge >= 0.3 is 0 Å². The maximum atomic E-state index is 11.8. The molecule has 0 spiro atoms. The minimum atomic E-state index is -0.145. The summed E-state index contributed by atoms with van der Waals surface area (Å²) in [7, 11) is 0. The maximum Gasteiger partial charge on any atom is 0.169 e. The predicted octanol–water partition coefficient (Wildman–Crippen LogP) is 3.50. The highest BCUT2D eigenvalue weighted by atomic mass is 35.5. The number of Topliss-reactive ketones (excluding diaryl/α,β-unsaturated/α-hetero) is 1. The summed E-state index contributed by atoms with van der Waals surface area (Å²) in [6, 6.07) is 1.53. The number of aryl methyl sites for hydroxylation is 1. The lowest BCUT2D eigenvalue weighted by atomic mass is 9.94. The van der Waals surface area contributed by atoms with Gasteiger partial charge in [-0.25, -0.2) is 0 Å². The molecular weight excluding hydrogens is 212 g/mol. The van der Waals surface area contributed by atoms with Gasteiger partial charge in [-0.05, 0) is 31.0 Å². The molecule has 15 heavy (non-hydrogen) atoms. The average molecular weight is 227 g/mol. The molecule has 1 aromatic carbocycles. The Morgan fingerprint density at radius 2 is 1.93 bits per heavy atom. The van der Waals surface area contributed by atoms with Crippen LogP contribution >= 0.6 is 11.6 Å². The number of benzene rings is 1. The van der Waals surface area contributed by atoms with E-state index in [4.69, 9.17) is 11.6 Å². The van der Waals surface area contributed by atoms with Crippen molar-refractivity contribution in [2.75, 3.05) is 0 Å². The molecule has 82 valence electrons. The summed E-state index contributed by atoms with van der Waals surface area (Å²) in [5.74, 6) is -0.201. The quantitative estimate of drug-likeness (QED) is 0.784. The molecule has 3 heteroatoms. The van der Waals surface area contributed by atoms with E-state index in [-0.39, 0.29) is 17.5 Å². The van der Waals surface area contributed by atoms with Crippen LogP contribution < -0.4 is 0 Å². The summed E-state index contributed by atoms with van der Waals surface area (Å²) < 4.78 is 0. The number of rotatable bonds is 2. The van der Waals surface area contributed by atoms with E-state index in [0.717, 1.165) is 5.56 Å². The molecule has 0 aliphatic carbocycles. The highest BCUT2D eigenvalue weighted by Crippen LogP contribution is 2.32. The van der Waals surface area contributed by atoms with Crippen molar-refractivity contribution >= 4 is 17.4 Å². The monoisotopic (exact) mass is 226 g/mol. The SMILES string of the molecule is Cc1cc(O)c(C(=O)C(C)C)c(C)c1Cl. The van der Waals surface area contributed by atoms with E-state index in [0.29, 0.717) is 16.1 Å². The first kappa shape index (κ1) is 12.1. The molecular formula is C12H15ClO2. The Balaban J connectivity index is 3.43. The van der Waals surface area contributed by atoms with Crippen molar-refractivity contribution in [2.24, 2.45) is 5.92 Å². The van der Waals surface area contributed by atoms with Gasteiger partial charge in [0.2, 0.25) is 0 Å². The zero-order valence-corrected chi connectivity index (χ0v) is 10.1. The van der Waals surface area contributed by atoms with Crippen LogP contribution in [0, 0.1) is 19.8 Å². The van der Waals surface area contributed by atoms with Crippen molar-refractivity contribution in [3.8, 4) is 5.75 Å². The van der Waals surface area contributed by atoms with Crippen LogP contribution in [0.25, 0.3) is 0 Å². The van der Waals surface area contributed by atoms with Crippen molar-refractivity contribution in [3.05, 3.63) is 27.8 Å². The Labute approximate surface area is 94.9 Å². The summed E-state index contributed by atoms with van der Waals surface area (Å²) in [6.07, 6.45) is 0. The summed E-state index contributed by atoms with van der Waals surface area (Å²) in [5, 5.41) is 10.3. The van der Waals surface area contributed by atoms with Crippen molar-refractivity contribution in [1.82, 2.24) is 0 Å². The van der Waals surface area contributed by atoms with Gasteiger partial charge in [-0.15, -0.1) is 0 Å². The smallest absolute Gasteiger partial charge is 0.169 e. The first-order valence-corrected chi connectivity index (χ1v) is 5.27. The Hall–Kier alpha value is -1.02. The molecule has 0 amide bonds. The third-order valence-electron chi connectivity index (χ3n) is 2.43. The van der Waals surface area contributed by atoms with Gasteiger partial charge in [-0.1, -0.05) is 25.4 Å². The minimum Gasteiger partial charge on any atom is -0.507 e. The molecule has 0 aromatic heterocycles. The van der Waals surface area contributed by atoms with Crippen LogP contribution in [0.2, 0.25) is 5.02 Å². The fourth-order valence-corrected chi connectivity index (χ4v) is 1.69. The lowest BCUT2D eigenvalue weighted by molar-refractivity contribution is 0.0936. The minimum absolute atomic E-state index is 0.0214. The fraction of sp³-hybridized carbons (Fsp3) is 0.417. The largest absolute Gasteiger partial charge is 0.507 e. The molecule has 0 aliphatic heterocycles. The molecule has 0 saturated carbocycles. The molecule has 0 atom stereocenters. The molecule has 0 fully saturated rings. The zero-order valence-electron chi connectivity index (χ0n) is 9.39. The van der Waals surface area contributed by atoms with Gasteiger partial charge in [-0.3, -0.25) is 4.79 Å². The first-order valence-electron chi connectivity index (χ1n) is 4.89. The van der Waals surface area contributed by atoms with E-state index < -0.39 is 0 Å². The number of hydrogen-bond donors (Lipinski definition) is 1. The van der Waals surface area contributed by atoms with Gasteiger partial charge in [-0.2, -0.15) is 0 Å². The van der Waals surface area contributed by atoms with Crippen LogP contribution in [0.3, 0.4) is 0 Å². The number of phenols is 1. The topological polar surface area (TPSA) is 37.3 Å². The normalized spacial score (nSPS) is 10.8. The van der Waals surface area contributed by atoms with Gasteiger partial charge in [0.15, 0.2) is 5.78 Å². The third-order valence-corrected chi connectivity index (χ3v) is 3.01. The van der Waals surface area contributed by atoms with Gasteiger partial charge in [0.25, 0.3) is 0 Å². The Bertz CT molecular complexity index is 409. The molecule has 0 unspecified atom stereocenters. The Morgan fingerprint density at radius 3 is 2.40 bits per heavy atom. The number of ketones is 1. The van der Waals surface area contributed by atoms with Gasteiger partial charge < -0.3 is 5.11 Å². The summed E-state index contributed by atoms with van der Waals surface area (Å²) >= 11 is 6.04. The molecule has 0 aliphatic rings. The lowest BCUT2D eigenvalue weighted by Gasteiger charge is -2.13. The molecule has 0 bridgehead atoms. The van der Waals surface area contributed by atoms with Crippen molar-refractivity contribution in [2.45, 2.75) is 27.7 Å². The molecule has 2 nitrogen and oxygen atoms in total. The number of carbonyl (C=O) groups is 1. The van der Waals surface area contributed by atoms with Crippen LogP contribution in [0.4, 0.5) is 0 Å². The summed E-state index contributed by atoms with van der Waals surface area (Å²) in [4.78, 5) is 11.8. The van der Waals surface area contributed by atoms with Gasteiger partial charge in [0.05, 0.1) is 5.56 Å². The fourth-order valence-electron chi connectivity index (χ4n) is 1.54. The second-order valence-corrected chi connectivity index (χ2v) is 4.42. The van der Waals surface area contributed by atoms with E-state index in [2.05, 4.69) is 0 Å². The second-order valence-electron chi connectivity index (χ2n) is 4.05. The van der Waals surface area contributed by atoms with Gasteiger partial charge in [0, 0.05) is 10.9 Å². The summed E-state index contributed by atoms with van der Waals surface area (Å²) in [6.45, 7) is 7.16. The maximum absolute atomic E-state index is 11.8. The van der Waals surface area contributed by atoms with Crippen molar-refractivity contribution in [1.29, 1.82) is 0 Å². The van der Waals surface area contributed by atoms with E-state index in [1.807, 2.05) is 0 Å². The molecule has 0 heterocycles. The number of phenolic OH excluding ortho intramolecular Hbond substituents is 1. The molecule has 1 rings (SSSR count).